The van der Waals surface area contributed by atoms with Crippen LogP contribution in [0.3, 0.4) is 0 Å². The highest BCUT2D eigenvalue weighted by molar-refractivity contribution is 5.94. The first-order valence-electron chi connectivity index (χ1n) is 5.45. The van der Waals surface area contributed by atoms with Crippen molar-refractivity contribution in [1.29, 1.82) is 0 Å². The van der Waals surface area contributed by atoms with Gasteiger partial charge in [-0.05, 0) is 6.92 Å². The minimum Gasteiger partial charge on any atom is -0.376 e. The summed E-state index contributed by atoms with van der Waals surface area (Å²) in [4.78, 5) is 24.6. The minimum absolute atomic E-state index is 0.0683. The molecule has 2 rings (SSSR count). The lowest BCUT2D eigenvalue weighted by atomic mass is 10.1. The molecule has 2 heterocycles. The predicted octanol–water partition coefficient (Wildman–Crippen LogP) is -1.25. The second-order valence-corrected chi connectivity index (χ2v) is 4.01. The number of nitrogens with zero attached hydrogens (tertiary/aromatic N) is 1. The molecule has 0 aromatic carbocycles. The summed E-state index contributed by atoms with van der Waals surface area (Å²) in [5.41, 5.74) is 0. The fraction of sp³-hybridized carbons (Fsp3) is 0.800. The van der Waals surface area contributed by atoms with Crippen LogP contribution in [0.25, 0.3) is 0 Å². The molecule has 16 heavy (non-hydrogen) atoms. The fourth-order valence-electron chi connectivity index (χ4n) is 1.89. The molecule has 6 nitrogen and oxygen atoms in total. The molecule has 2 amide bonds. The van der Waals surface area contributed by atoms with E-state index in [9.17, 15) is 9.59 Å². The lowest BCUT2D eigenvalue weighted by Gasteiger charge is -2.36. The summed E-state index contributed by atoms with van der Waals surface area (Å²) in [6.07, 6.45) is -0.119. The van der Waals surface area contributed by atoms with Gasteiger partial charge in [0.05, 0.1) is 32.5 Å². The van der Waals surface area contributed by atoms with E-state index >= 15 is 0 Å². The number of rotatable bonds is 2. The van der Waals surface area contributed by atoms with E-state index in [1.54, 1.807) is 11.8 Å². The van der Waals surface area contributed by atoms with Crippen molar-refractivity contribution in [3.8, 4) is 0 Å². The maximum atomic E-state index is 11.6. The van der Waals surface area contributed by atoms with E-state index in [2.05, 4.69) is 5.32 Å². The molecule has 0 aromatic rings. The Kier molecular flexibility index (Phi) is 3.40. The molecule has 0 spiro atoms. The Bertz CT molecular complexity index is 289. The van der Waals surface area contributed by atoms with Gasteiger partial charge >= 0.3 is 0 Å². The van der Waals surface area contributed by atoms with E-state index in [0.717, 1.165) is 0 Å². The summed E-state index contributed by atoms with van der Waals surface area (Å²) in [6, 6.07) is -0.424. The van der Waals surface area contributed by atoms with E-state index in [1.165, 1.54) is 0 Å². The van der Waals surface area contributed by atoms with Crippen molar-refractivity contribution in [3.05, 3.63) is 0 Å². The molecule has 2 saturated heterocycles. The topological polar surface area (TPSA) is 67.9 Å². The van der Waals surface area contributed by atoms with Crippen LogP contribution in [0.15, 0.2) is 0 Å². The van der Waals surface area contributed by atoms with Gasteiger partial charge in [0, 0.05) is 6.54 Å². The molecule has 2 unspecified atom stereocenters. The smallest absolute Gasteiger partial charge is 0.242 e. The van der Waals surface area contributed by atoms with Gasteiger partial charge in [0.15, 0.2) is 0 Å². The normalized spacial score (nSPS) is 31.4. The van der Waals surface area contributed by atoms with Crippen LogP contribution in [0.4, 0.5) is 0 Å². The van der Waals surface area contributed by atoms with E-state index in [-0.39, 0.29) is 24.5 Å². The number of carbonyl (C=O) groups excluding carboxylic acids is 2. The summed E-state index contributed by atoms with van der Waals surface area (Å²) in [6.45, 7) is 3.85. The quantitative estimate of drug-likeness (QED) is 0.641. The number of carbonyl (C=O) groups is 2. The zero-order chi connectivity index (χ0) is 11.5. The van der Waals surface area contributed by atoms with Crippen molar-refractivity contribution in [2.24, 2.45) is 0 Å². The van der Waals surface area contributed by atoms with Crippen LogP contribution in [0.1, 0.15) is 6.92 Å². The van der Waals surface area contributed by atoms with Crippen LogP contribution in [0, 0.1) is 0 Å². The summed E-state index contributed by atoms with van der Waals surface area (Å²) >= 11 is 0. The average molecular weight is 228 g/mol. The Morgan fingerprint density at radius 1 is 1.44 bits per heavy atom. The van der Waals surface area contributed by atoms with Crippen molar-refractivity contribution < 1.29 is 19.1 Å². The molecular formula is C10H16N2O4. The van der Waals surface area contributed by atoms with Gasteiger partial charge in [0.2, 0.25) is 11.8 Å². The van der Waals surface area contributed by atoms with E-state index < -0.39 is 6.04 Å². The Morgan fingerprint density at radius 3 is 2.94 bits per heavy atom. The second-order valence-electron chi connectivity index (χ2n) is 4.01. The third-order valence-electron chi connectivity index (χ3n) is 2.87. The van der Waals surface area contributed by atoms with Crippen molar-refractivity contribution in [2.45, 2.75) is 19.1 Å². The van der Waals surface area contributed by atoms with E-state index in [4.69, 9.17) is 9.47 Å². The molecule has 2 aliphatic rings. The van der Waals surface area contributed by atoms with Crippen LogP contribution in [-0.2, 0) is 19.1 Å². The number of ether oxygens (including phenoxy) is 2. The highest BCUT2D eigenvalue weighted by atomic mass is 16.6. The number of nitrogens with one attached hydrogen (secondary N) is 1. The molecule has 2 fully saturated rings. The standard InChI is InChI=1S/C10H16N2O4/c1-7-10(14)11-4-9(13)12(7)5-8-6-15-2-3-16-8/h7-8H,2-6H2,1H3,(H,11,14). The summed E-state index contributed by atoms with van der Waals surface area (Å²) in [5, 5.41) is 2.55. The Labute approximate surface area is 93.9 Å². The maximum absolute atomic E-state index is 11.6. The lowest BCUT2D eigenvalue weighted by Crippen LogP contribution is -2.59. The van der Waals surface area contributed by atoms with Gasteiger partial charge in [-0.2, -0.15) is 0 Å². The molecule has 2 aliphatic heterocycles. The van der Waals surface area contributed by atoms with Crippen molar-refractivity contribution in [1.82, 2.24) is 10.2 Å². The fourth-order valence-corrected chi connectivity index (χ4v) is 1.89. The molecular weight excluding hydrogens is 212 g/mol. The van der Waals surface area contributed by atoms with Crippen LogP contribution in [0.2, 0.25) is 0 Å². The largest absolute Gasteiger partial charge is 0.376 e. The minimum atomic E-state index is -0.424. The maximum Gasteiger partial charge on any atom is 0.242 e. The molecule has 90 valence electrons. The summed E-state index contributed by atoms with van der Waals surface area (Å²) in [7, 11) is 0. The van der Waals surface area contributed by atoms with Gasteiger partial charge < -0.3 is 19.7 Å². The molecule has 0 saturated carbocycles. The Balaban J connectivity index is 1.95. The molecule has 6 heteroatoms. The zero-order valence-corrected chi connectivity index (χ0v) is 9.27. The van der Waals surface area contributed by atoms with Crippen LogP contribution < -0.4 is 5.32 Å². The van der Waals surface area contributed by atoms with Crippen LogP contribution in [-0.4, -0.2) is 61.8 Å². The monoisotopic (exact) mass is 228 g/mol. The van der Waals surface area contributed by atoms with E-state index in [0.29, 0.717) is 26.4 Å². The van der Waals surface area contributed by atoms with Gasteiger partial charge in [0.1, 0.15) is 6.04 Å². The number of hydrogen-bond acceptors (Lipinski definition) is 4. The van der Waals surface area contributed by atoms with Crippen molar-refractivity contribution in [3.63, 3.8) is 0 Å². The highest BCUT2D eigenvalue weighted by Gasteiger charge is 2.33. The predicted molar refractivity (Wildman–Crippen MR) is 54.7 cm³/mol. The third kappa shape index (κ3) is 2.33. The van der Waals surface area contributed by atoms with Crippen molar-refractivity contribution in [2.75, 3.05) is 32.9 Å². The molecule has 0 radical (unpaired) electrons. The zero-order valence-electron chi connectivity index (χ0n) is 9.27. The molecule has 0 bridgehead atoms. The molecule has 0 aliphatic carbocycles. The lowest BCUT2D eigenvalue weighted by molar-refractivity contribution is -0.151. The van der Waals surface area contributed by atoms with Crippen LogP contribution >= 0.6 is 0 Å². The SMILES string of the molecule is CC1C(=O)NCC(=O)N1CC1COCCO1. The van der Waals surface area contributed by atoms with Crippen molar-refractivity contribution >= 4 is 11.8 Å². The second kappa shape index (κ2) is 4.80. The van der Waals surface area contributed by atoms with Gasteiger partial charge in [-0.25, -0.2) is 0 Å². The Hall–Kier alpha value is -1.14. The molecule has 2 atom stereocenters. The van der Waals surface area contributed by atoms with Gasteiger partial charge in [-0.3, -0.25) is 9.59 Å². The summed E-state index contributed by atoms with van der Waals surface area (Å²) in [5.74, 6) is -0.183. The number of hydrogen-bond donors (Lipinski definition) is 1. The number of piperazine rings is 1. The highest BCUT2D eigenvalue weighted by Crippen LogP contribution is 2.10. The van der Waals surface area contributed by atoms with Gasteiger partial charge in [0.25, 0.3) is 0 Å². The van der Waals surface area contributed by atoms with E-state index in [1.807, 2.05) is 0 Å². The van der Waals surface area contributed by atoms with Gasteiger partial charge in [-0.15, -0.1) is 0 Å². The Morgan fingerprint density at radius 2 is 2.25 bits per heavy atom. The van der Waals surface area contributed by atoms with Gasteiger partial charge in [-0.1, -0.05) is 0 Å². The average Bonchev–Trinajstić information content (AvgIpc) is 2.31. The first kappa shape index (κ1) is 11.3. The third-order valence-corrected chi connectivity index (χ3v) is 2.87. The first-order chi connectivity index (χ1) is 7.68. The molecule has 1 N–H and O–H groups in total. The number of amides is 2. The van der Waals surface area contributed by atoms with Crippen LogP contribution in [0.5, 0.6) is 0 Å². The molecule has 0 aromatic heterocycles. The summed E-state index contributed by atoms with van der Waals surface area (Å²) < 4.78 is 10.7. The first-order valence-corrected chi connectivity index (χ1v) is 5.45.